The van der Waals surface area contributed by atoms with Crippen molar-refractivity contribution in [3.63, 3.8) is 0 Å². The van der Waals surface area contributed by atoms with Crippen molar-refractivity contribution >= 4 is 44.9 Å². The van der Waals surface area contributed by atoms with Crippen LogP contribution in [0.25, 0.3) is 11.0 Å². The van der Waals surface area contributed by atoms with Crippen LogP contribution in [-0.2, 0) is 6.54 Å². The molecule has 3 aromatic rings. The average Bonchev–Trinajstić information content (AvgIpc) is 2.64. The fourth-order valence-electron chi connectivity index (χ4n) is 2.91. The number of rotatable bonds is 6. The summed E-state index contributed by atoms with van der Waals surface area (Å²) in [6.07, 6.45) is 0. The van der Waals surface area contributed by atoms with Crippen molar-refractivity contribution in [1.82, 2.24) is 0 Å². The van der Waals surface area contributed by atoms with E-state index in [-0.39, 0.29) is 5.63 Å². The molecule has 3 rings (SSSR count). The van der Waals surface area contributed by atoms with Gasteiger partial charge in [-0.1, -0.05) is 30.3 Å². The summed E-state index contributed by atoms with van der Waals surface area (Å²) in [5, 5.41) is 4.34. The standard InChI is InChI=1S/C20H21IN2O2/c1-3-23(4-2)15-10-11-16-17(12-15)25-20(24)18(21)19(16)22-13-14-8-6-5-7-9-14/h5-12,22H,3-4,13H2,1-2H3. The number of nitrogens with one attached hydrogen (secondary N) is 1. The zero-order valence-corrected chi connectivity index (χ0v) is 16.5. The van der Waals surface area contributed by atoms with E-state index in [0.717, 1.165) is 29.9 Å². The Hall–Kier alpha value is -2.02. The summed E-state index contributed by atoms with van der Waals surface area (Å²) in [7, 11) is 0. The van der Waals surface area contributed by atoms with Gasteiger partial charge in [-0.15, -0.1) is 0 Å². The van der Waals surface area contributed by atoms with E-state index in [2.05, 4.69) is 64.9 Å². The highest BCUT2D eigenvalue weighted by Crippen LogP contribution is 2.30. The minimum Gasteiger partial charge on any atom is -0.422 e. The fourth-order valence-corrected chi connectivity index (χ4v) is 3.50. The third kappa shape index (κ3) is 3.81. The third-order valence-corrected chi connectivity index (χ3v) is 5.26. The molecule has 1 heterocycles. The summed E-state index contributed by atoms with van der Waals surface area (Å²) in [5.74, 6) is 0. The molecule has 0 bridgehead atoms. The second kappa shape index (κ2) is 7.91. The van der Waals surface area contributed by atoms with E-state index in [1.165, 1.54) is 5.56 Å². The predicted octanol–water partition coefficient (Wildman–Crippen LogP) is 4.86. The Morgan fingerprint density at radius 2 is 1.80 bits per heavy atom. The van der Waals surface area contributed by atoms with Gasteiger partial charge in [-0.3, -0.25) is 0 Å². The monoisotopic (exact) mass is 448 g/mol. The molecule has 0 unspecified atom stereocenters. The van der Waals surface area contributed by atoms with Crippen LogP contribution < -0.4 is 15.8 Å². The van der Waals surface area contributed by atoms with Crippen molar-refractivity contribution < 1.29 is 4.42 Å². The highest BCUT2D eigenvalue weighted by atomic mass is 127. The first kappa shape index (κ1) is 17.8. The van der Waals surface area contributed by atoms with Crippen LogP contribution in [0.3, 0.4) is 0 Å². The zero-order chi connectivity index (χ0) is 17.8. The number of nitrogens with zero attached hydrogens (tertiary/aromatic N) is 1. The largest absolute Gasteiger partial charge is 0.422 e. The number of halogens is 1. The van der Waals surface area contributed by atoms with E-state index in [4.69, 9.17) is 4.42 Å². The first-order chi connectivity index (χ1) is 12.1. The van der Waals surface area contributed by atoms with Gasteiger partial charge in [-0.2, -0.15) is 0 Å². The first-order valence-electron chi connectivity index (χ1n) is 8.43. The molecule has 2 aromatic carbocycles. The molecule has 0 radical (unpaired) electrons. The number of hydrogen-bond acceptors (Lipinski definition) is 4. The van der Waals surface area contributed by atoms with Gasteiger partial charge in [0.1, 0.15) is 9.15 Å². The van der Waals surface area contributed by atoms with Gasteiger partial charge in [0.25, 0.3) is 0 Å². The Morgan fingerprint density at radius 1 is 1.08 bits per heavy atom. The lowest BCUT2D eigenvalue weighted by Crippen LogP contribution is -2.21. The van der Waals surface area contributed by atoms with Gasteiger partial charge in [-0.25, -0.2) is 4.79 Å². The molecule has 0 aliphatic carbocycles. The molecule has 0 saturated heterocycles. The third-order valence-electron chi connectivity index (χ3n) is 4.28. The van der Waals surface area contributed by atoms with Gasteiger partial charge in [0.2, 0.25) is 0 Å². The van der Waals surface area contributed by atoms with Gasteiger partial charge in [0.15, 0.2) is 0 Å². The van der Waals surface area contributed by atoms with Crippen LogP contribution in [0.1, 0.15) is 19.4 Å². The van der Waals surface area contributed by atoms with Crippen molar-refractivity contribution in [3.8, 4) is 0 Å². The van der Waals surface area contributed by atoms with Gasteiger partial charge in [-0.05, 0) is 54.1 Å². The maximum absolute atomic E-state index is 12.3. The zero-order valence-electron chi connectivity index (χ0n) is 14.4. The smallest absolute Gasteiger partial charge is 0.351 e. The van der Waals surface area contributed by atoms with E-state index in [9.17, 15) is 4.79 Å². The van der Waals surface area contributed by atoms with Crippen molar-refractivity contribution in [2.75, 3.05) is 23.3 Å². The molecule has 0 aliphatic heterocycles. The number of fused-ring (bicyclic) bond motifs is 1. The molecule has 0 atom stereocenters. The molecule has 4 nitrogen and oxygen atoms in total. The van der Waals surface area contributed by atoms with E-state index in [0.29, 0.717) is 15.7 Å². The van der Waals surface area contributed by atoms with E-state index >= 15 is 0 Å². The van der Waals surface area contributed by atoms with Crippen molar-refractivity contribution in [2.45, 2.75) is 20.4 Å². The lowest BCUT2D eigenvalue weighted by atomic mass is 10.1. The Morgan fingerprint density at radius 3 is 2.48 bits per heavy atom. The second-order valence-electron chi connectivity index (χ2n) is 5.77. The number of hydrogen-bond donors (Lipinski definition) is 1. The topological polar surface area (TPSA) is 45.5 Å². The Labute approximate surface area is 161 Å². The molecular weight excluding hydrogens is 427 g/mol. The van der Waals surface area contributed by atoms with Crippen molar-refractivity contribution in [3.05, 3.63) is 68.1 Å². The maximum Gasteiger partial charge on any atom is 0.351 e. The summed E-state index contributed by atoms with van der Waals surface area (Å²) < 4.78 is 6.12. The minimum atomic E-state index is -0.305. The summed E-state index contributed by atoms with van der Waals surface area (Å²) >= 11 is 2.05. The van der Waals surface area contributed by atoms with Gasteiger partial charge < -0.3 is 14.6 Å². The minimum absolute atomic E-state index is 0.305. The molecule has 130 valence electrons. The molecule has 0 spiro atoms. The summed E-state index contributed by atoms with van der Waals surface area (Å²) in [5.41, 5.74) is 3.38. The summed E-state index contributed by atoms with van der Waals surface area (Å²) in [4.78, 5) is 14.5. The average molecular weight is 448 g/mol. The van der Waals surface area contributed by atoms with Crippen LogP contribution in [-0.4, -0.2) is 13.1 Å². The van der Waals surface area contributed by atoms with Gasteiger partial charge >= 0.3 is 5.63 Å². The number of benzene rings is 2. The predicted molar refractivity (Wildman–Crippen MR) is 113 cm³/mol. The fraction of sp³-hybridized carbons (Fsp3) is 0.250. The quantitative estimate of drug-likeness (QED) is 0.433. The Kier molecular flexibility index (Phi) is 5.63. The molecule has 0 fully saturated rings. The summed E-state index contributed by atoms with van der Waals surface area (Å²) in [6.45, 7) is 6.72. The Balaban J connectivity index is 2.02. The van der Waals surface area contributed by atoms with Gasteiger partial charge in [0, 0.05) is 36.8 Å². The van der Waals surface area contributed by atoms with E-state index < -0.39 is 0 Å². The van der Waals surface area contributed by atoms with Crippen LogP contribution in [0.2, 0.25) is 0 Å². The van der Waals surface area contributed by atoms with E-state index in [1.54, 1.807) is 0 Å². The van der Waals surface area contributed by atoms with Crippen LogP contribution in [0.15, 0.2) is 57.7 Å². The van der Waals surface area contributed by atoms with Crippen molar-refractivity contribution in [1.29, 1.82) is 0 Å². The molecule has 1 aromatic heterocycles. The molecule has 0 aliphatic rings. The molecule has 0 saturated carbocycles. The highest BCUT2D eigenvalue weighted by molar-refractivity contribution is 14.1. The molecule has 25 heavy (non-hydrogen) atoms. The second-order valence-corrected chi connectivity index (χ2v) is 6.85. The normalized spacial score (nSPS) is 10.8. The first-order valence-corrected chi connectivity index (χ1v) is 9.51. The molecule has 0 amide bonds. The lowest BCUT2D eigenvalue weighted by Gasteiger charge is -2.21. The van der Waals surface area contributed by atoms with Crippen molar-refractivity contribution in [2.24, 2.45) is 0 Å². The van der Waals surface area contributed by atoms with Crippen LogP contribution in [0.4, 0.5) is 11.4 Å². The highest BCUT2D eigenvalue weighted by Gasteiger charge is 2.14. The van der Waals surface area contributed by atoms with Crippen LogP contribution in [0.5, 0.6) is 0 Å². The Bertz CT molecular complexity index is 918. The molecular formula is C20H21IN2O2. The number of anilines is 2. The maximum atomic E-state index is 12.3. The van der Waals surface area contributed by atoms with Gasteiger partial charge in [0.05, 0.1) is 5.69 Å². The molecule has 1 N–H and O–H groups in total. The van der Waals surface area contributed by atoms with Crippen LogP contribution in [0, 0.1) is 3.57 Å². The lowest BCUT2D eigenvalue weighted by molar-refractivity contribution is 0.556. The summed E-state index contributed by atoms with van der Waals surface area (Å²) in [6, 6.07) is 16.2. The molecule has 5 heteroatoms. The van der Waals surface area contributed by atoms with Crippen LogP contribution >= 0.6 is 22.6 Å². The van der Waals surface area contributed by atoms with E-state index in [1.807, 2.05) is 30.3 Å². The SMILES string of the molecule is CCN(CC)c1ccc2c(NCc3ccccc3)c(I)c(=O)oc2c1.